The van der Waals surface area contributed by atoms with Crippen molar-refractivity contribution in [1.29, 1.82) is 5.26 Å². The predicted octanol–water partition coefficient (Wildman–Crippen LogP) is 2.32. The largest absolute Gasteiger partial charge is 0.236 e. The molecule has 2 rings (SSSR count). The molecular weight excluding hydrogens is 186 g/mol. The maximum Gasteiger partial charge on any atom is 0.160 e. The molecule has 0 N–H and O–H groups in total. The van der Waals surface area contributed by atoms with E-state index < -0.39 is 0 Å². The normalized spacial score (nSPS) is 9.60. The van der Waals surface area contributed by atoms with Crippen molar-refractivity contribution in [2.24, 2.45) is 0 Å². The van der Waals surface area contributed by atoms with E-state index in [0.29, 0.717) is 11.4 Å². The van der Waals surface area contributed by atoms with Gasteiger partial charge in [-0.15, -0.1) is 0 Å². The quantitative estimate of drug-likeness (QED) is 0.701. The van der Waals surface area contributed by atoms with Gasteiger partial charge in [0, 0.05) is 18.0 Å². The summed E-state index contributed by atoms with van der Waals surface area (Å²) in [7, 11) is 0. The summed E-state index contributed by atoms with van der Waals surface area (Å²) in [5.41, 5.74) is 2.38. The van der Waals surface area contributed by atoms with Gasteiger partial charge in [0.05, 0.1) is 11.6 Å². The van der Waals surface area contributed by atoms with E-state index in [9.17, 15) is 0 Å². The third-order valence-corrected chi connectivity index (χ3v) is 2.07. The number of benzene rings is 1. The molecule has 15 heavy (non-hydrogen) atoms. The van der Waals surface area contributed by atoms with E-state index in [1.54, 1.807) is 18.5 Å². The Hall–Kier alpha value is -2.21. The Bertz CT molecular complexity index is 509. The minimum Gasteiger partial charge on any atom is -0.236 e. The number of aromatic nitrogens is 2. The standard InChI is InChI=1S/C12H9N3/c1-9-7-14-12(15-8-9)11-5-3-2-4-10(11)6-13/h2-5,7-8H,1H3. The highest BCUT2D eigenvalue weighted by Crippen LogP contribution is 2.18. The van der Waals surface area contributed by atoms with Crippen LogP contribution < -0.4 is 0 Å². The summed E-state index contributed by atoms with van der Waals surface area (Å²) < 4.78 is 0. The fourth-order valence-corrected chi connectivity index (χ4v) is 1.31. The lowest BCUT2D eigenvalue weighted by Gasteiger charge is -2.01. The monoisotopic (exact) mass is 195 g/mol. The lowest BCUT2D eigenvalue weighted by atomic mass is 10.1. The van der Waals surface area contributed by atoms with Crippen molar-refractivity contribution in [3.63, 3.8) is 0 Å². The Morgan fingerprint density at radius 2 is 1.80 bits per heavy atom. The maximum atomic E-state index is 8.93. The van der Waals surface area contributed by atoms with E-state index in [1.807, 2.05) is 25.1 Å². The zero-order valence-corrected chi connectivity index (χ0v) is 8.31. The Balaban J connectivity index is 2.55. The topological polar surface area (TPSA) is 49.6 Å². The van der Waals surface area contributed by atoms with Crippen molar-refractivity contribution < 1.29 is 0 Å². The molecule has 3 heteroatoms. The summed E-state index contributed by atoms with van der Waals surface area (Å²) in [6.45, 7) is 1.93. The van der Waals surface area contributed by atoms with E-state index in [4.69, 9.17) is 5.26 Å². The summed E-state index contributed by atoms with van der Waals surface area (Å²) in [4.78, 5) is 8.39. The first kappa shape index (κ1) is 9.35. The molecule has 0 saturated heterocycles. The molecular formula is C12H9N3. The lowest BCUT2D eigenvalue weighted by molar-refractivity contribution is 1.13. The molecule has 0 amide bonds. The molecule has 0 radical (unpaired) electrons. The summed E-state index contributed by atoms with van der Waals surface area (Å²) in [6, 6.07) is 9.45. The fraction of sp³-hybridized carbons (Fsp3) is 0.0833. The van der Waals surface area contributed by atoms with E-state index in [-0.39, 0.29) is 0 Å². The first-order valence-electron chi connectivity index (χ1n) is 4.59. The van der Waals surface area contributed by atoms with E-state index in [2.05, 4.69) is 16.0 Å². The summed E-state index contributed by atoms with van der Waals surface area (Å²) in [6.07, 6.45) is 3.49. The Kier molecular flexibility index (Phi) is 2.42. The molecule has 0 spiro atoms. The molecule has 0 aliphatic rings. The predicted molar refractivity (Wildman–Crippen MR) is 56.9 cm³/mol. The Morgan fingerprint density at radius 1 is 1.13 bits per heavy atom. The van der Waals surface area contributed by atoms with Gasteiger partial charge in [-0.2, -0.15) is 5.26 Å². The minimum atomic E-state index is 0.595. The van der Waals surface area contributed by atoms with E-state index in [1.165, 1.54) is 0 Å². The van der Waals surface area contributed by atoms with Gasteiger partial charge in [-0.25, -0.2) is 9.97 Å². The molecule has 0 saturated carbocycles. The molecule has 1 heterocycles. The molecule has 0 atom stereocenters. The SMILES string of the molecule is Cc1cnc(-c2ccccc2C#N)nc1. The number of rotatable bonds is 1. The van der Waals surface area contributed by atoms with E-state index >= 15 is 0 Å². The van der Waals surface area contributed by atoms with Crippen LogP contribution in [0.4, 0.5) is 0 Å². The van der Waals surface area contributed by atoms with Gasteiger partial charge in [-0.1, -0.05) is 12.1 Å². The molecule has 2 aromatic rings. The van der Waals surface area contributed by atoms with Gasteiger partial charge < -0.3 is 0 Å². The highest BCUT2D eigenvalue weighted by Gasteiger charge is 2.05. The number of nitrogens with zero attached hydrogens (tertiary/aromatic N) is 3. The number of aryl methyl sites for hydroxylation is 1. The lowest BCUT2D eigenvalue weighted by Crippen LogP contribution is -1.91. The number of hydrogen-bond acceptors (Lipinski definition) is 3. The first-order valence-corrected chi connectivity index (χ1v) is 4.59. The number of nitriles is 1. The van der Waals surface area contributed by atoms with Gasteiger partial charge in [-0.3, -0.25) is 0 Å². The molecule has 0 aliphatic carbocycles. The van der Waals surface area contributed by atoms with Crippen LogP contribution in [0.5, 0.6) is 0 Å². The highest BCUT2D eigenvalue weighted by atomic mass is 14.9. The third kappa shape index (κ3) is 1.84. The van der Waals surface area contributed by atoms with Crippen LogP contribution in [0.3, 0.4) is 0 Å². The van der Waals surface area contributed by atoms with Gasteiger partial charge in [-0.05, 0) is 24.6 Å². The zero-order chi connectivity index (χ0) is 10.7. The second kappa shape index (κ2) is 3.89. The second-order valence-electron chi connectivity index (χ2n) is 3.24. The second-order valence-corrected chi connectivity index (χ2v) is 3.24. The summed E-state index contributed by atoms with van der Waals surface area (Å²) >= 11 is 0. The van der Waals surface area contributed by atoms with Crippen molar-refractivity contribution in [3.05, 3.63) is 47.8 Å². The molecule has 3 nitrogen and oxygen atoms in total. The van der Waals surface area contributed by atoms with Crippen LogP contribution in [0.25, 0.3) is 11.4 Å². The third-order valence-electron chi connectivity index (χ3n) is 2.07. The summed E-state index contributed by atoms with van der Waals surface area (Å²) in [5, 5.41) is 8.93. The Morgan fingerprint density at radius 3 is 2.47 bits per heavy atom. The van der Waals surface area contributed by atoms with Crippen LogP contribution >= 0.6 is 0 Å². The molecule has 72 valence electrons. The molecule has 0 fully saturated rings. The van der Waals surface area contributed by atoms with Gasteiger partial charge in [0.1, 0.15) is 0 Å². The van der Waals surface area contributed by atoms with Gasteiger partial charge in [0.2, 0.25) is 0 Å². The van der Waals surface area contributed by atoms with Crippen molar-refractivity contribution in [3.8, 4) is 17.5 Å². The van der Waals surface area contributed by atoms with Crippen LogP contribution in [-0.2, 0) is 0 Å². The molecule has 1 aromatic carbocycles. The Labute approximate surface area is 88.1 Å². The minimum absolute atomic E-state index is 0.595. The first-order chi connectivity index (χ1) is 7.31. The van der Waals surface area contributed by atoms with Crippen molar-refractivity contribution in [1.82, 2.24) is 9.97 Å². The average Bonchev–Trinajstić information content (AvgIpc) is 2.30. The van der Waals surface area contributed by atoms with Crippen molar-refractivity contribution in [2.45, 2.75) is 6.92 Å². The molecule has 0 unspecified atom stereocenters. The van der Waals surface area contributed by atoms with Gasteiger partial charge in [0.15, 0.2) is 5.82 Å². The fourth-order valence-electron chi connectivity index (χ4n) is 1.31. The molecule has 0 aliphatic heterocycles. The zero-order valence-electron chi connectivity index (χ0n) is 8.31. The van der Waals surface area contributed by atoms with Crippen LogP contribution in [0.15, 0.2) is 36.7 Å². The summed E-state index contributed by atoms with van der Waals surface area (Å²) in [5.74, 6) is 0.595. The highest BCUT2D eigenvalue weighted by molar-refractivity contribution is 5.63. The van der Waals surface area contributed by atoms with Gasteiger partial charge >= 0.3 is 0 Å². The number of hydrogen-bond donors (Lipinski definition) is 0. The molecule has 0 bridgehead atoms. The maximum absolute atomic E-state index is 8.93. The molecule has 1 aromatic heterocycles. The van der Waals surface area contributed by atoms with Crippen LogP contribution in [0, 0.1) is 18.3 Å². The average molecular weight is 195 g/mol. The van der Waals surface area contributed by atoms with Crippen LogP contribution in [-0.4, -0.2) is 9.97 Å². The van der Waals surface area contributed by atoms with Crippen LogP contribution in [0.1, 0.15) is 11.1 Å². The van der Waals surface area contributed by atoms with Gasteiger partial charge in [0.25, 0.3) is 0 Å². The van der Waals surface area contributed by atoms with Crippen LogP contribution in [0.2, 0.25) is 0 Å². The van der Waals surface area contributed by atoms with E-state index in [0.717, 1.165) is 11.1 Å². The van der Waals surface area contributed by atoms with Crippen molar-refractivity contribution in [2.75, 3.05) is 0 Å². The van der Waals surface area contributed by atoms with Crippen molar-refractivity contribution >= 4 is 0 Å². The smallest absolute Gasteiger partial charge is 0.160 e.